The molecule has 1 unspecified atom stereocenters. The van der Waals surface area contributed by atoms with E-state index in [1.807, 2.05) is 18.2 Å². The lowest BCUT2D eigenvalue weighted by Gasteiger charge is -2.35. The Bertz CT molecular complexity index is 1180. The first kappa shape index (κ1) is 20.5. The van der Waals surface area contributed by atoms with Crippen molar-refractivity contribution in [2.24, 2.45) is 0 Å². The van der Waals surface area contributed by atoms with Gasteiger partial charge in [-0.25, -0.2) is 8.78 Å². The number of aromatic amines is 1. The first-order valence-corrected chi connectivity index (χ1v) is 10.7. The maximum Gasteiger partial charge on any atom is 0.132 e. The minimum atomic E-state index is -0.287. The van der Waals surface area contributed by atoms with E-state index in [0.717, 1.165) is 35.3 Å². The average molecular weight is 431 g/mol. The molecule has 0 aliphatic carbocycles. The maximum absolute atomic E-state index is 14.6. The zero-order valence-electron chi connectivity index (χ0n) is 17.5. The number of aromatic nitrogens is 2. The second kappa shape index (κ2) is 9.02. The number of nitrogens with zero attached hydrogens (tertiary/aromatic N) is 2. The van der Waals surface area contributed by atoms with Crippen LogP contribution in [0.5, 0.6) is 0 Å². The molecule has 6 heteroatoms. The molecule has 4 aromatic rings. The predicted octanol–water partition coefficient (Wildman–Crippen LogP) is 5.44. The molecule has 1 atom stereocenters. The Balaban J connectivity index is 1.55. The fraction of sp³-hybridized carbons (Fsp3) is 0.192. The molecule has 162 valence electrons. The van der Waals surface area contributed by atoms with Crippen molar-refractivity contribution in [2.45, 2.75) is 6.04 Å². The molecule has 1 aromatic heterocycles. The normalized spacial score (nSPS) is 15.6. The van der Waals surface area contributed by atoms with Gasteiger partial charge >= 0.3 is 0 Å². The molecule has 0 saturated carbocycles. The quantitative estimate of drug-likeness (QED) is 0.457. The van der Waals surface area contributed by atoms with Crippen LogP contribution in [0.4, 0.5) is 8.78 Å². The van der Waals surface area contributed by atoms with E-state index in [0.29, 0.717) is 24.5 Å². The van der Waals surface area contributed by atoms with Gasteiger partial charge in [-0.2, -0.15) is 5.10 Å². The number of halogens is 2. The van der Waals surface area contributed by atoms with Crippen LogP contribution in [0.2, 0.25) is 0 Å². The standard InChI is InChI=1S/C26H23F2N3O/c27-21-11-9-19(10-12-21)18-5-7-20(8-6-18)26(31-13-15-32-16-14-31)23-17-29-30-25(23)22-3-1-2-4-24(22)28/h1-12,17,26H,13-16H2,(H,29,30). The molecule has 5 rings (SSSR count). The summed E-state index contributed by atoms with van der Waals surface area (Å²) >= 11 is 0. The van der Waals surface area contributed by atoms with E-state index in [1.54, 1.807) is 30.5 Å². The maximum atomic E-state index is 14.6. The first-order chi connectivity index (χ1) is 15.7. The number of rotatable bonds is 5. The topological polar surface area (TPSA) is 41.2 Å². The molecule has 1 aliphatic heterocycles. The molecule has 1 fully saturated rings. The summed E-state index contributed by atoms with van der Waals surface area (Å²) in [6, 6.07) is 21.3. The summed E-state index contributed by atoms with van der Waals surface area (Å²) in [5.74, 6) is -0.538. The lowest BCUT2D eigenvalue weighted by Crippen LogP contribution is -2.39. The average Bonchev–Trinajstić information content (AvgIpc) is 3.30. The van der Waals surface area contributed by atoms with Gasteiger partial charge in [-0.05, 0) is 41.0 Å². The molecular formula is C26H23F2N3O. The van der Waals surface area contributed by atoms with E-state index in [-0.39, 0.29) is 17.7 Å². The van der Waals surface area contributed by atoms with E-state index in [4.69, 9.17) is 4.74 Å². The third-order valence-corrected chi connectivity index (χ3v) is 5.92. The molecule has 0 amide bonds. The summed E-state index contributed by atoms with van der Waals surface area (Å²) in [5.41, 5.74) is 5.15. The van der Waals surface area contributed by atoms with E-state index < -0.39 is 0 Å². The largest absolute Gasteiger partial charge is 0.379 e. The van der Waals surface area contributed by atoms with Gasteiger partial charge in [-0.1, -0.05) is 48.5 Å². The van der Waals surface area contributed by atoms with Crippen LogP contribution in [0.15, 0.2) is 79.0 Å². The summed E-state index contributed by atoms with van der Waals surface area (Å²) in [6.45, 7) is 2.84. The van der Waals surface area contributed by atoms with Crippen LogP contribution in [0.3, 0.4) is 0 Å². The molecule has 4 nitrogen and oxygen atoms in total. The number of hydrogen-bond acceptors (Lipinski definition) is 3. The van der Waals surface area contributed by atoms with Gasteiger partial charge in [-0.3, -0.25) is 10.00 Å². The van der Waals surface area contributed by atoms with Crippen molar-refractivity contribution in [1.29, 1.82) is 0 Å². The van der Waals surface area contributed by atoms with Gasteiger partial charge in [-0.15, -0.1) is 0 Å². The van der Waals surface area contributed by atoms with Gasteiger partial charge < -0.3 is 4.74 Å². The highest BCUT2D eigenvalue weighted by Crippen LogP contribution is 2.36. The Morgan fingerprint density at radius 1 is 0.844 bits per heavy atom. The van der Waals surface area contributed by atoms with Crippen LogP contribution in [0, 0.1) is 11.6 Å². The van der Waals surface area contributed by atoms with E-state index >= 15 is 0 Å². The number of hydrogen-bond donors (Lipinski definition) is 1. The Morgan fingerprint density at radius 2 is 1.50 bits per heavy atom. The molecule has 3 aromatic carbocycles. The zero-order valence-corrected chi connectivity index (χ0v) is 17.5. The minimum Gasteiger partial charge on any atom is -0.379 e. The number of H-pyrrole nitrogens is 1. The molecule has 0 radical (unpaired) electrons. The predicted molar refractivity (Wildman–Crippen MR) is 120 cm³/mol. The molecule has 1 saturated heterocycles. The highest BCUT2D eigenvalue weighted by molar-refractivity contribution is 5.66. The number of nitrogens with one attached hydrogen (secondary N) is 1. The molecule has 0 bridgehead atoms. The number of morpholine rings is 1. The van der Waals surface area contributed by atoms with Crippen LogP contribution in [0.1, 0.15) is 17.2 Å². The summed E-state index contributed by atoms with van der Waals surface area (Å²) in [5, 5.41) is 7.28. The van der Waals surface area contributed by atoms with Crippen molar-refractivity contribution in [1.82, 2.24) is 15.1 Å². The summed E-state index contributed by atoms with van der Waals surface area (Å²) in [6.07, 6.45) is 1.79. The van der Waals surface area contributed by atoms with Crippen LogP contribution < -0.4 is 0 Å². The van der Waals surface area contributed by atoms with Gasteiger partial charge in [0.2, 0.25) is 0 Å². The summed E-state index contributed by atoms with van der Waals surface area (Å²) < 4.78 is 33.5. The summed E-state index contributed by atoms with van der Waals surface area (Å²) in [7, 11) is 0. The summed E-state index contributed by atoms with van der Waals surface area (Å²) in [4.78, 5) is 2.34. The molecule has 0 spiro atoms. The Labute approximate surface area is 185 Å². The molecule has 2 heterocycles. The van der Waals surface area contributed by atoms with E-state index in [9.17, 15) is 8.78 Å². The fourth-order valence-electron chi connectivity index (χ4n) is 4.31. The van der Waals surface area contributed by atoms with Gasteiger partial charge in [0.15, 0.2) is 0 Å². The van der Waals surface area contributed by atoms with Gasteiger partial charge in [0.1, 0.15) is 11.6 Å². The van der Waals surface area contributed by atoms with Crippen LogP contribution in [0.25, 0.3) is 22.4 Å². The minimum absolute atomic E-state index is 0.102. The second-order valence-corrected chi connectivity index (χ2v) is 7.86. The van der Waals surface area contributed by atoms with Crippen LogP contribution in [-0.4, -0.2) is 41.4 Å². The van der Waals surface area contributed by atoms with E-state index in [1.165, 1.54) is 18.2 Å². The van der Waals surface area contributed by atoms with Crippen molar-refractivity contribution < 1.29 is 13.5 Å². The van der Waals surface area contributed by atoms with Gasteiger partial charge in [0, 0.05) is 24.2 Å². The van der Waals surface area contributed by atoms with Gasteiger partial charge in [0.05, 0.1) is 31.1 Å². The molecule has 32 heavy (non-hydrogen) atoms. The molecule has 1 N–H and O–H groups in total. The highest BCUT2D eigenvalue weighted by Gasteiger charge is 2.28. The molecular weight excluding hydrogens is 408 g/mol. The van der Waals surface area contributed by atoms with Crippen molar-refractivity contribution in [3.63, 3.8) is 0 Å². The SMILES string of the molecule is Fc1ccc(-c2ccc(C(c3cn[nH]c3-c3ccccc3F)N3CCOCC3)cc2)cc1. The zero-order chi connectivity index (χ0) is 21.9. The molecule has 1 aliphatic rings. The van der Waals surface area contributed by atoms with Crippen molar-refractivity contribution in [2.75, 3.05) is 26.3 Å². The lowest BCUT2D eigenvalue weighted by atomic mass is 9.93. The Kier molecular flexibility index (Phi) is 5.79. The third-order valence-electron chi connectivity index (χ3n) is 5.92. The van der Waals surface area contributed by atoms with Crippen molar-refractivity contribution in [3.8, 4) is 22.4 Å². The third kappa shape index (κ3) is 4.07. The van der Waals surface area contributed by atoms with Gasteiger partial charge in [0.25, 0.3) is 0 Å². The van der Waals surface area contributed by atoms with Crippen LogP contribution >= 0.6 is 0 Å². The Morgan fingerprint density at radius 3 is 2.19 bits per heavy atom. The van der Waals surface area contributed by atoms with Crippen molar-refractivity contribution in [3.05, 3.63) is 102 Å². The van der Waals surface area contributed by atoms with Crippen molar-refractivity contribution >= 4 is 0 Å². The van der Waals surface area contributed by atoms with E-state index in [2.05, 4.69) is 27.2 Å². The monoisotopic (exact) mass is 431 g/mol. The smallest absolute Gasteiger partial charge is 0.132 e. The lowest BCUT2D eigenvalue weighted by molar-refractivity contribution is 0.0240. The first-order valence-electron chi connectivity index (χ1n) is 10.7. The Hall–Kier alpha value is -3.35. The fourth-order valence-corrected chi connectivity index (χ4v) is 4.31. The second-order valence-electron chi connectivity index (χ2n) is 7.86. The van der Waals surface area contributed by atoms with Crippen LogP contribution in [-0.2, 0) is 4.74 Å². The highest BCUT2D eigenvalue weighted by atomic mass is 19.1. The number of benzene rings is 3. The number of ether oxygens (including phenoxy) is 1.